The average Bonchev–Trinajstić information content (AvgIpc) is 2.60. The Morgan fingerprint density at radius 2 is 2.00 bits per heavy atom. The predicted octanol–water partition coefficient (Wildman–Crippen LogP) is 4.17. The van der Waals surface area contributed by atoms with Gasteiger partial charge in [-0.2, -0.15) is 0 Å². The van der Waals surface area contributed by atoms with E-state index in [1.807, 2.05) is 25.1 Å². The second kappa shape index (κ2) is 7.67. The molecular weight excluding hydrogens is 458 g/mol. The van der Waals surface area contributed by atoms with Crippen molar-refractivity contribution < 1.29 is 9.47 Å². The second-order valence-electron chi connectivity index (χ2n) is 5.18. The van der Waals surface area contributed by atoms with Crippen LogP contribution in [0.3, 0.4) is 0 Å². The maximum absolute atomic E-state index is 5.58. The van der Waals surface area contributed by atoms with E-state index in [1.165, 1.54) is 0 Å². The van der Waals surface area contributed by atoms with Crippen molar-refractivity contribution in [2.24, 2.45) is 0 Å². The predicted molar refractivity (Wildman–Crippen MR) is 105 cm³/mol. The van der Waals surface area contributed by atoms with Gasteiger partial charge in [-0.15, -0.1) is 0 Å². The highest BCUT2D eigenvalue weighted by atomic mass is 79.9. The summed E-state index contributed by atoms with van der Waals surface area (Å²) in [5.41, 5.74) is 2.12. The van der Waals surface area contributed by atoms with Crippen LogP contribution in [0.1, 0.15) is 11.1 Å². The number of nitrogens with zero attached hydrogens (tertiary/aromatic N) is 1. The third kappa shape index (κ3) is 3.99. The molecule has 0 atom stereocenters. The van der Waals surface area contributed by atoms with Crippen molar-refractivity contribution in [3.8, 4) is 11.5 Å². The fourth-order valence-corrected chi connectivity index (χ4v) is 3.33. The monoisotopic (exact) mass is 471 g/mol. The molecule has 2 N–H and O–H groups in total. The molecule has 1 aromatic carbocycles. The van der Waals surface area contributed by atoms with Crippen LogP contribution in [-0.2, 0) is 6.54 Å². The Labute approximate surface area is 162 Å². The average molecular weight is 473 g/mol. The molecule has 1 aliphatic rings. The summed E-state index contributed by atoms with van der Waals surface area (Å²) in [6.07, 6.45) is 1.74. The number of fused-ring (bicyclic) bond motifs is 1. The SMILES string of the molecule is Cc1c(Br)cnc(NC(=S)NCc2ccc3c(c2)OCCO3)c1Br. The smallest absolute Gasteiger partial charge is 0.172 e. The van der Waals surface area contributed by atoms with Crippen LogP contribution in [0.4, 0.5) is 5.82 Å². The highest BCUT2D eigenvalue weighted by Crippen LogP contribution is 2.31. The number of benzene rings is 1. The third-order valence-corrected chi connectivity index (χ3v) is 5.51. The molecule has 8 heteroatoms. The van der Waals surface area contributed by atoms with E-state index >= 15 is 0 Å². The van der Waals surface area contributed by atoms with Gasteiger partial charge in [0.1, 0.15) is 19.0 Å². The minimum atomic E-state index is 0.500. The van der Waals surface area contributed by atoms with Gasteiger partial charge >= 0.3 is 0 Å². The van der Waals surface area contributed by atoms with Gasteiger partial charge in [0.05, 0.1) is 4.47 Å². The summed E-state index contributed by atoms with van der Waals surface area (Å²) in [6.45, 7) is 3.74. The van der Waals surface area contributed by atoms with Gasteiger partial charge in [0, 0.05) is 17.2 Å². The molecule has 0 radical (unpaired) electrons. The minimum Gasteiger partial charge on any atom is -0.486 e. The van der Waals surface area contributed by atoms with Crippen molar-refractivity contribution in [1.29, 1.82) is 0 Å². The topological polar surface area (TPSA) is 55.4 Å². The van der Waals surface area contributed by atoms with Gasteiger partial charge in [-0.3, -0.25) is 0 Å². The van der Waals surface area contributed by atoms with Crippen molar-refractivity contribution in [3.63, 3.8) is 0 Å². The summed E-state index contributed by atoms with van der Waals surface area (Å²) >= 11 is 12.3. The Bertz CT molecular complexity index is 786. The van der Waals surface area contributed by atoms with Crippen molar-refractivity contribution in [2.45, 2.75) is 13.5 Å². The van der Waals surface area contributed by atoms with Crippen LogP contribution in [-0.4, -0.2) is 23.3 Å². The van der Waals surface area contributed by atoms with Gasteiger partial charge in [-0.05, 0) is 74.3 Å². The number of hydrogen-bond acceptors (Lipinski definition) is 4. The van der Waals surface area contributed by atoms with E-state index in [4.69, 9.17) is 21.7 Å². The first-order chi connectivity index (χ1) is 11.5. The fourth-order valence-electron chi connectivity index (χ4n) is 2.18. The lowest BCUT2D eigenvalue weighted by Gasteiger charge is -2.19. The molecule has 0 spiro atoms. The number of halogens is 2. The zero-order valence-corrected chi connectivity index (χ0v) is 16.8. The highest BCUT2D eigenvalue weighted by molar-refractivity contribution is 9.11. The second-order valence-corrected chi connectivity index (χ2v) is 7.23. The molecule has 1 aliphatic heterocycles. The van der Waals surface area contributed by atoms with Crippen LogP contribution in [0, 0.1) is 6.92 Å². The van der Waals surface area contributed by atoms with E-state index in [9.17, 15) is 0 Å². The molecule has 0 fully saturated rings. The maximum Gasteiger partial charge on any atom is 0.172 e. The summed E-state index contributed by atoms with van der Waals surface area (Å²) in [6, 6.07) is 5.86. The molecule has 0 bridgehead atoms. The van der Waals surface area contributed by atoms with Crippen molar-refractivity contribution >= 4 is 55.0 Å². The van der Waals surface area contributed by atoms with Crippen molar-refractivity contribution in [2.75, 3.05) is 18.5 Å². The number of nitrogens with one attached hydrogen (secondary N) is 2. The largest absolute Gasteiger partial charge is 0.486 e. The Hall–Kier alpha value is -1.38. The quantitative estimate of drug-likeness (QED) is 0.653. The van der Waals surface area contributed by atoms with E-state index < -0.39 is 0 Å². The number of hydrogen-bond donors (Lipinski definition) is 2. The van der Waals surface area contributed by atoms with E-state index in [2.05, 4.69) is 47.5 Å². The van der Waals surface area contributed by atoms with Crippen LogP contribution in [0.15, 0.2) is 33.3 Å². The minimum absolute atomic E-state index is 0.500. The number of pyridine rings is 1. The fraction of sp³-hybridized carbons (Fsp3) is 0.250. The number of ether oxygens (including phenoxy) is 2. The first-order valence-electron chi connectivity index (χ1n) is 7.28. The third-order valence-electron chi connectivity index (χ3n) is 3.49. The molecule has 3 rings (SSSR count). The van der Waals surface area contributed by atoms with E-state index in [0.717, 1.165) is 31.6 Å². The molecule has 0 saturated carbocycles. The van der Waals surface area contributed by atoms with Crippen LogP contribution in [0.25, 0.3) is 0 Å². The number of anilines is 1. The molecule has 2 heterocycles. The van der Waals surface area contributed by atoms with Gasteiger partial charge in [0.15, 0.2) is 16.6 Å². The van der Waals surface area contributed by atoms with E-state index in [0.29, 0.717) is 30.7 Å². The Balaban J connectivity index is 1.61. The number of thiocarbonyl (C=S) groups is 1. The molecule has 126 valence electrons. The molecule has 24 heavy (non-hydrogen) atoms. The first kappa shape index (κ1) is 17.4. The first-order valence-corrected chi connectivity index (χ1v) is 9.28. The number of aromatic nitrogens is 1. The maximum atomic E-state index is 5.58. The zero-order valence-electron chi connectivity index (χ0n) is 12.9. The van der Waals surface area contributed by atoms with Crippen LogP contribution in [0.5, 0.6) is 11.5 Å². The lowest BCUT2D eigenvalue weighted by Crippen LogP contribution is -2.28. The van der Waals surface area contributed by atoms with E-state index in [-0.39, 0.29) is 0 Å². The summed E-state index contributed by atoms with van der Waals surface area (Å²) in [4.78, 5) is 4.32. The lowest BCUT2D eigenvalue weighted by atomic mass is 10.2. The zero-order chi connectivity index (χ0) is 17.1. The standard InChI is InChI=1S/C16H15Br2N3O2S/c1-9-11(17)8-19-15(14(9)18)21-16(24)20-7-10-2-3-12-13(6-10)23-5-4-22-12/h2-3,6,8H,4-5,7H2,1H3,(H2,19,20,21,24). The Morgan fingerprint density at radius 1 is 1.25 bits per heavy atom. The van der Waals surface area contributed by atoms with Crippen LogP contribution >= 0.6 is 44.1 Å². The lowest BCUT2D eigenvalue weighted by molar-refractivity contribution is 0.171. The molecule has 0 unspecified atom stereocenters. The summed E-state index contributed by atoms with van der Waals surface area (Å²) in [5, 5.41) is 6.76. The van der Waals surface area contributed by atoms with Crippen LogP contribution in [0.2, 0.25) is 0 Å². The molecule has 0 saturated heterocycles. The summed E-state index contributed by atoms with van der Waals surface area (Å²) < 4.78 is 12.9. The molecule has 0 amide bonds. The summed E-state index contributed by atoms with van der Waals surface area (Å²) in [7, 11) is 0. The van der Waals surface area contributed by atoms with Gasteiger partial charge < -0.3 is 20.1 Å². The molecule has 0 aliphatic carbocycles. The Morgan fingerprint density at radius 3 is 2.79 bits per heavy atom. The summed E-state index contributed by atoms with van der Waals surface area (Å²) in [5.74, 6) is 2.23. The van der Waals surface area contributed by atoms with Crippen molar-refractivity contribution in [1.82, 2.24) is 10.3 Å². The Kier molecular flexibility index (Phi) is 5.57. The van der Waals surface area contributed by atoms with Crippen molar-refractivity contribution in [3.05, 3.63) is 44.5 Å². The van der Waals surface area contributed by atoms with Crippen LogP contribution < -0.4 is 20.1 Å². The van der Waals surface area contributed by atoms with Gasteiger partial charge in [0.25, 0.3) is 0 Å². The highest BCUT2D eigenvalue weighted by Gasteiger charge is 2.12. The normalized spacial score (nSPS) is 12.6. The van der Waals surface area contributed by atoms with Gasteiger partial charge in [-0.25, -0.2) is 4.98 Å². The van der Waals surface area contributed by atoms with Gasteiger partial charge in [-0.1, -0.05) is 6.07 Å². The van der Waals surface area contributed by atoms with Gasteiger partial charge in [0.2, 0.25) is 0 Å². The molecule has 5 nitrogen and oxygen atoms in total. The molecular formula is C16H15Br2N3O2S. The number of rotatable bonds is 3. The molecule has 1 aromatic heterocycles. The molecule has 2 aromatic rings. The van der Waals surface area contributed by atoms with E-state index in [1.54, 1.807) is 6.20 Å².